The third-order valence-corrected chi connectivity index (χ3v) is 3.60. The molecule has 1 aromatic carbocycles. The number of benzene rings is 1. The Bertz CT molecular complexity index is 930. The number of aromatic nitrogens is 3. The number of imidazole rings is 1. The molecule has 0 aliphatic rings. The lowest BCUT2D eigenvalue weighted by molar-refractivity contribution is 0.536. The summed E-state index contributed by atoms with van der Waals surface area (Å²) in [4.78, 5) is 8.60. The van der Waals surface area contributed by atoms with E-state index < -0.39 is 0 Å². The average molecular weight is 348 g/mol. The molecule has 0 saturated heterocycles. The maximum atomic E-state index is 5.66. The van der Waals surface area contributed by atoms with Crippen molar-refractivity contribution in [3.63, 3.8) is 0 Å². The zero-order chi connectivity index (χ0) is 14.2. The van der Waals surface area contributed by atoms with Gasteiger partial charge in [0.05, 0.1) is 11.8 Å². The number of nitrogens with zero attached hydrogens (tertiary/aromatic N) is 3. The van der Waals surface area contributed by atoms with Crippen LogP contribution in [0.25, 0.3) is 27.9 Å². The molecule has 0 radical (unpaired) electrons. The van der Waals surface area contributed by atoms with Gasteiger partial charge in [-0.2, -0.15) is 0 Å². The van der Waals surface area contributed by atoms with E-state index in [0.717, 1.165) is 33.7 Å². The van der Waals surface area contributed by atoms with E-state index in [1.54, 1.807) is 18.7 Å². The molecule has 118 valence electrons. The molecule has 0 bridgehead atoms. The fourth-order valence-electron chi connectivity index (χ4n) is 2.54. The van der Waals surface area contributed by atoms with Crippen LogP contribution in [0.15, 0.2) is 65.7 Å². The number of aryl methyl sites for hydroxylation is 1. The van der Waals surface area contributed by atoms with E-state index >= 15 is 0 Å². The Morgan fingerprint density at radius 3 is 2.65 bits per heavy atom. The highest BCUT2D eigenvalue weighted by molar-refractivity contribution is 5.86. The Hall–Kier alpha value is -2.30. The first-order valence-corrected chi connectivity index (χ1v) is 6.76. The van der Waals surface area contributed by atoms with Gasteiger partial charge in [0.1, 0.15) is 5.82 Å². The molecule has 3 heterocycles. The Morgan fingerprint density at radius 1 is 1.00 bits per heavy atom. The zero-order valence-electron chi connectivity index (χ0n) is 12.3. The monoisotopic (exact) mass is 347 g/mol. The van der Waals surface area contributed by atoms with Gasteiger partial charge in [0, 0.05) is 29.5 Å². The van der Waals surface area contributed by atoms with Crippen LogP contribution >= 0.6 is 24.8 Å². The molecule has 4 aromatic rings. The topological polar surface area (TPSA) is 43.9 Å². The molecule has 0 N–H and O–H groups in total. The summed E-state index contributed by atoms with van der Waals surface area (Å²) in [6.45, 7) is 1.95. The average Bonchev–Trinajstić information content (AvgIpc) is 3.15. The summed E-state index contributed by atoms with van der Waals surface area (Å²) in [5.41, 5.74) is 3.14. The molecule has 0 aliphatic carbocycles. The minimum Gasteiger partial charge on any atom is -0.447 e. The molecule has 0 amide bonds. The zero-order valence-corrected chi connectivity index (χ0v) is 14.0. The molecule has 3 aromatic heterocycles. The molecular formula is C17H15Cl2N3O. The molecule has 23 heavy (non-hydrogen) atoms. The van der Waals surface area contributed by atoms with Crippen molar-refractivity contribution in [1.29, 1.82) is 0 Å². The summed E-state index contributed by atoms with van der Waals surface area (Å²) in [5, 5.41) is 1.12. The van der Waals surface area contributed by atoms with E-state index in [1.165, 1.54) is 0 Å². The van der Waals surface area contributed by atoms with Gasteiger partial charge < -0.3 is 4.42 Å². The Morgan fingerprint density at radius 2 is 1.87 bits per heavy atom. The molecule has 4 rings (SSSR count). The van der Waals surface area contributed by atoms with Crippen LogP contribution in [0.1, 0.15) is 5.82 Å². The van der Waals surface area contributed by atoms with Gasteiger partial charge in [-0.05, 0) is 36.8 Å². The lowest BCUT2D eigenvalue weighted by atomic mass is 10.1. The van der Waals surface area contributed by atoms with Crippen LogP contribution in [0.3, 0.4) is 0 Å². The number of hydrogen-bond acceptors (Lipinski definition) is 3. The summed E-state index contributed by atoms with van der Waals surface area (Å²) < 4.78 is 7.61. The molecule has 0 spiro atoms. The third kappa shape index (κ3) is 2.96. The van der Waals surface area contributed by atoms with Gasteiger partial charge in [0.25, 0.3) is 0 Å². The van der Waals surface area contributed by atoms with Crippen molar-refractivity contribution < 1.29 is 4.42 Å². The fourth-order valence-corrected chi connectivity index (χ4v) is 2.54. The standard InChI is InChI=1S/C17H13N3O.2ClH/c1-12-18-8-9-20(12)17-15(6-10-21-17)13-4-5-16-14(11-13)3-2-7-19-16;;/h2-11H,1H3;2*1H. The Balaban J connectivity index is 0.000000960. The van der Waals surface area contributed by atoms with Crippen molar-refractivity contribution in [3.8, 4) is 17.0 Å². The quantitative estimate of drug-likeness (QED) is 0.521. The van der Waals surface area contributed by atoms with Crippen LogP contribution in [0.4, 0.5) is 0 Å². The molecular weight excluding hydrogens is 333 g/mol. The number of fused-ring (bicyclic) bond motifs is 1. The van der Waals surface area contributed by atoms with E-state index in [9.17, 15) is 0 Å². The van der Waals surface area contributed by atoms with Crippen molar-refractivity contribution in [2.75, 3.05) is 0 Å². The van der Waals surface area contributed by atoms with Gasteiger partial charge in [-0.1, -0.05) is 12.1 Å². The maximum Gasteiger partial charge on any atom is 0.212 e. The second-order valence-corrected chi connectivity index (χ2v) is 4.89. The van der Waals surface area contributed by atoms with Crippen LogP contribution in [0.2, 0.25) is 0 Å². The summed E-state index contributed by atoms with van der Waals surface area (Å²) in [6.07, 6.45) is 7.18. The van der Waals surface area contributed by atoms with E-state index in [4.69, 9.17) is 4.42 Å². The predicted molar refractivity (Wildman–Crippen MR) is 95.8 cm³/mol. The molecule has 0 atom stereocenters. The highest BCUT2D eigenvalue weighted by Gasteiger charge is 2.12. The SMILES string of the molecule is Cc1nccn1-c1occc1-c1ccc2ncccc2c1.Cl.Cl. The minimum absolute atomic E-state index is 0. The van der Waals surface area contributed by atoms with Crippen LogP contribution in [-0.4, -0.2) is 14.5 Å². The van der Waals surface area contributed by atoms with Crippen molar-refractivity contribution in [2.24, 2.45) is 0 Å². The minimum atomic E-state index is 0. The summed E-state index contributed by atoms with van der Waals surface area (Å²) in [7, 11) is 0. The second kappa shape index (κ2) is 6.86. The molecule has 4 nitrogen and oxygen atoms in total. The van der Waals surface area contributed by atoms with E-state index in [2.05, 4.69) is 28.2 Å². The molecule has 0 aliphatic heterocycles. The number of pyridine rings is 1. The molecule has 0 fully saturated rings. The molecule has 0 unspecified atom stereocenters. The summed E-state index contributed by atoms with van der Waals surface area (Å²) in [5.74, 6) is 1.68. The fraction of sp³-hybridized carbons (Fsp3) is 0.0588. The first-order valence-electron chi connectivity index (χ1n) is 6.76. The first-order chi connectivity index (χ1) is 10.3. The van der Waals surface area contributed by atoms with E-state index in [-0.39, 0.29) is 24.8 Å². The normalized spacial score (nSPS) is 10.1. The molecule has 0 saturated carbocycles. The Kier molecular flexibility index (Phi) is 5.08. The number of halogens is 2. The predicted octanol–water partition coefficient (Wildman–Crippen LogP) is 4.83. The highest BCUT2D eigenvalue weighted by Crippen LogP contribution is 2.30. The van der Waals surface area contributed by atoms with Gasteiger partial charge in [-0.3, -0.25) is 9.55 Å². The van der Waals surface area contributed by atoms with Crippen LogP contribution < -0.4 is 0 Å². The maximum absolute atomic E-state index is 5.66. The number of furan rings is 1. The van der Waals surface area contributed by atoms with Gasteiger partial charge in [0.2, 0.25) is 5.88 Å². The first kappa shape index (κ1) is 17.1. The van der Waals surface area contributed by atoms with Crippen molar-refractivity contribution in [2.45, 2.75) is 6.92 Å². The van der Waals surface area contributed by atoms with Gasteiger partial charge in [-0.15, -0.1) is 24.8 Å². The second-order valence-electron chi connectivity index (χ2n) is 4.89. The largest absolute Gasteiger partial charge is 0.447 e. The lowest BCUT2D eigenvalue weighted by Crippen LogP contribution is -1.95. The Labute approximate surface area is 146 Å². The summed E-state index contributed by atoms with van der Waals surface area (Å²) >= 11 is 0. The molecule has 6 heteroatoms. The van der Waals surface area contributed by atoms with Crippen molar-refractivity contribution >= 4 is 35.7 Å². The van der Waals surface area contributed by atoms with Crippen LogP contribution in [-0.2, 0) is 0 Å². The highest BCUT2D eigenvalue weighted by atomic mass is 35.5. The number of hydrogen-bond donors (Lipinski definition) is 0. The van der Waals surface area contributed by atoms with Crippen molar-refractivity contribution in [1.82, 2.24) is 14.5 Å². The third-order valence-electron chi connectivity index (χ3n) is 3.60. The van der Waals surface area contributed by atoms with Gasteiger partial charge in [0.15, 0.2) is 0 Å². The lowest BCUT2D eigenvalue weighted by Gasteiger charge is -2.06. The van der Waals surface area contributed by atoms with Crippen LogP contribution in [0.5, 0.6) is 0 Å². The van der Waals surface area contributed by atoms with Gasteiger partial charge >= 0.3 is 0 Å². The summed E-state index contributed by atoms with van der Waals surface area (Å²) in [6, 6.07) is 12.2. The van der Waals surface area contributed by atoms with E-state index in [0.29, 0.717) is 0 Å². The van der Waals surface area contributed by atoms with Gasteiger partial charge in [-0.25, -0.2) is 4.98 Å². The smallest absolute Gasteiger partial charge is 0.212 e. The van der Waals surface area contributed by atoms with E-state index in [1.807, 2.05) is 35.9 Å². The number of rotatable bonds is 2. The van der Waals surface area contributed by atoms with Crippen molar-refractivity contribution in [3.05, 3.63) is 67.1 Å². The van der Waals surface area contributed by atoms with Crippen LogP contribution in [0, 0.1) is 6.92 Å².